The molecule has 0 fully saturated rings. The molecule has 0 aliphatic rings. The lowest BCUT2D eigenvalue weighted by atomic mass is 10.1. The molecule has 4 nitrogen and oxygen atoms in total. The molecule has 0 saturated heterocycles. The third kappa shape index (κ3) is 4.31. The van der Waals surface area contributed by atoms with Crippen LogP contribution in [0.5, 0.6) is 0 Å². The molecule has 0 heterocycles. The summed E-state index contributed by atoms with van der Waals surface area (Å²) < 4.78 is 5.98. The third-order valence-electron chi connectivity index (χ3n) is 2.29. The smallest absolute Gasteiger partial charge is 0.412 e. The van der Waals surface area contributed by atoms with Crippen molar-refractivity contribution in [1.82, 2.24) is 0 Å². The van der Waals surface area contributed by atoms with Gasteiger partial charge in [0.2, 0.25) is 0 Å². The SMILES string of the molecule is Cc1c(CO)cc(Br)cc1NC(=O)OC(C)(C)C. The van der Waals surface area contributed by atoms with Gasteiger partial charge in [0.25, 0.3) is 0 Å². The standard InChI is InChI=1S/C13H18BrNO3/c1-8-9(7-16)5-10(14)6-11(8)15-12(17)18-13(2,3)4/h5-6,16H,7H2,1-4H3,(H,15,17). The van der Waals surface area contributed by atoms with Gasteiger partial charge in [-0.25, -0.2) is 4.79 Å². The van der Waals surface area contributed by atoms with E-state index in [2.05, 4.69) is 21.2 Å². The minimum atomic E-state index is -0.538. The van der Waals surface area contributed by atoms with Crippen LogP contribution in [-0.2, 0) is 11.3 Å². The van der Waals surface area contributed by atoms with Crippen LogP contribution in [-0.4, -0.2) is 16.8 Å². The van der Waals surface area contributed by atoms with Crippen molar-refractivity contribution in [3.05, 3.63) is 27.7 Å². The van der Waals surface area contributed by atoms with E-state index in [4.69, 9.17) is 4.74 Å². The first-order valence-electron chi connectivity index (χ1n) is 5.63. The second kappa shape index (κ2) is 5.71. The zero-order chi connectivity index (χ0) is 13.9. The molecule has 1 rings (SSSR count). The number of ether oxygens (including phenoxy) is 1. The average Bonchev–Trinajstić information content (AvgIpc) is 2.20. The number of hydrogen-bond acceptors (Lipinski definition) is 3. The van der Waals surface area contributed by atoms with Gasteiger partial charge in [-0.2, -0.15) is 0 Å². The van der Waals surface area contributed by atoms with Crippen molar-refractivity contribution in [2.24, 2.45) is 0 Å². The number of benzene rings is 1. The van der Waals surface area contributed by atoms with Crippen LogP contribution in [0, 0.1) is 6.92 Å². The highest BCUT2D eigenvalue weighted by Crippen LogP contribution is 2.25. The summed E-state index contributed by atoms with van der Waals surface area (Å²) in [6.45, 7) is 7.18. The number of amides is 1. The van der Waals surface area contributed by atoms with Gasteiger partial charge in [-0.05, 0) is 51.0 Å². The molecule has 0 atom stereocenters. The maximum atomic E-state index is 11.7. The van der Waals surface area contributed by atoms with Gasteiger partial charge in [0, 0.05) is 10.2 Å². The Morgan fingerprint density at radius 1 is 1.44 bits per heavy atom. The molecule has 1 amide bonds. The zero-order valence-corrected chi connectivity index (χ0v) is 12.6. The van der Waals surface area contributed by atoms with E-state index in [1.54, 1.807) is 26.8 Å². The van der Waals surface area contributed by atoms with Gasteiger partial charge in [-0.1, -0.05) is 15.9 Å². The summed E-state index contributed by atoms with van der Waals surface area (Å²) >= 11 is 3.34. The molecule has 1 aromatic carbocycles. The van der Waals surface area contributed by atoms with E-state index < -0.39 is 11.7 Å². The number of anilines is 1. The van der Waals surface area contributed by atoms with E-state index in [9.17, 15) is 9.90 Å². The summed E-state index contributed by atoms with van der Waals surface area (Å²) in [4.78, 5) is 11.7. The summed E-state index contributed by atoms with van der Waals surface area (Å²) in [5.74, 6) is 0. The van der Waals surface area contributed by atoms with E-state index in [1.165, 1.54) is 0 Å². The summed E-state index contributed by atoms with van der Waals surface area (Å²) in [6, 6.07) is 3.59. The Bertz CT molecular complexity index is 452. The molecule has 0 bridgehead atoms. The lowest BCUT2D eigenvalue weighted by Gasteiger charge is -2.20. The summed E-state index contributed by atoms with van der Waals surface area (Å²) in [7, 11) is 0. The first kappa shape index (κ1) is 15.0. The van der Waals surface area contributed by atoms with Gasteiger partial charge < -0.3 is 9.84 Å². The van der Waals surface area contributed by atoms with E-state index in [0.717, 1.165) is 15.6 Å². The molecular weight excluding hydrogens is 298 g/mol. The van der Waals surface area contributed by atoms with Crippen molar-refractivity contribution < 1.29 is 14.6 Å². The Morgan fingerprint density at radius 2 is 2.06 bits per heavy atom. The lowest BCUT2D eigenvalue weighted by Crippen LogP contribution is -2.27. The fraction of sp³-hybridized carbons (Fsp3) is 0.462. The van der Waals surface area contributed by atoms with Crippen molar-refractivity contribution in [2.45, 2.75) is 39.9 Å². The molecule has 5 heteroatoms. The fourth-order valence-electron chi connectivity index (χ4n) is 1.44. The summed E-state index contributed by atoms with van der Waals surface area (Å²) in [5.41, 5.74) is 1.67. The normalized spacial score (nSPS) is 11.2. The lowest BCUT2D eigenvalue weighted by molar-refractivity contribution is 0.0635. The average molecular weight is 316 g/mol. The summed E-state index contributed by atoms with van der Waals surface area (Å²) in [6.07, 6.45) is -0.507. The molecule has 0 spiro atoms. The van der Waals surface area contributed by atoms with Gasteiger partial charge >= 0.3 is 6.09 Å². The number of carbonyl (C=O) groups excluding carboxylic acids is 1. The molecule has 18 heavy (non-hydrogen) atoms. The summed E-state index contributed by atoms with van der Waals surface area (Å²) in [5, 5.41) is 11.9. The highest BCUT2D eigenvalue weighted by atomic mass is 79.9. The quantitative estimate of drug-likeness (QED) is 0.876. The van der Waals surface area contributed by atoms with Crippen LogP contribution in [0.1, 0.15) is 31.9 Å². The van der Waals surface area contributed by atoms with E-state index in [-0.39, 0.29) is 6.61 Å². The Morgan fingerprint density at radius 3 is 2.56 bits per heavy atom. The van der Waals surface area contributed by atoms with E-state index in [0.29, 0.717) is 5.69 Å². The van der Waals surface area contributed by atoms with Crippen LogP contribution in [0.15, 0.2) is 16.6 Å². The molecule has 1 aromatic rings. The minimum Gasteiger partial charge on any atom is -0.444 e. The number of carbonyl (C=O) groups is 1. The van der Waals surface area contributed by atoms with Crippen LogP contribution < -0.4 is 5.32 Å². The number of halogens is 1. The van der Waals surface area contributed by atoms with Crippen molar-refractivity contribution in [3.8, 4) is 0 Å². The van der Waals surface area contributed by atoms with Gasteiger partial charge in [0.15, 0.2) is 0 Å². The topological polar surface area (TPSA) is 58.6 Å². The van der Waals surface area contributed by atoms with Crippen LogP contribution >= 0.6 is 15.9 Å². The molecule has 0 unspecified atom stereocenters. The molecule has 0 aromatic heterocycles. The van der Waals surface area contributed by atoms with Crippen LogP contribution in [0.3, 0.4) is 0 Å². The van der Waals surface area contributed by atoms with Crippen LogP contribution in [0.25, 0.3) is 0 Å². The molecular formula is C13H18BrNO3. The van der Waals surface area contributed by atoms with Gasteiger partial charge in [0.05, 0.1) is 6.61 Å². The Hall–Kier alpha value is -1.07. The number of nitrogens with one attached hydrogen (secondary N) is 1. The predicted octanol–water partition coefficient (Wildman–Crippen LogP) is 3.60. The molecule has 100 valence electrons. The minimum absolute atomic E-state index is 0.0751. The highest BCUT2D eigenvalue weighted by molar-refractivity contribution is 9.10. The van der Waals surface area contributed by atoms with E-state index in [1.807, 2.05) is 13.0 Å². The monoisotopic (exact) mass is 315 g/mol. The zero-order valence-electron chi connectivity index (χ0n) is 11.0. The number of aliphatic hydroxyl groups is 1. The van der Waals surface area contributed by atoms with Crippen molar-refractivity contribution in [1.29, 1.82) is 0 Å². The number of rotatable bonds is 2. The Kier molecular flexibility index (Phi) is 4.76. The van der Waals surface area contributed by atoms with E-state index >= 15 is 0 Å². The second-order valence-corrected chi connectivity index (χ2v) is 5.94. The second-order valence-electron chi connectivity index (χ2n) is 5.02. The van der Waals surface area contributed by atoms with Crippen molar-refractivity contribution in [2.75, 3.05) is 5.32 Å². The Balaban J connectivity index is 2.91. The third-order valence-corrected chi connectivity index (χ3v) is 2.74. The first-order valence-corrected chi connectivity index (χ1v) is 6.42. The number of aliphatic hydroxyl groups excluding tert-OH is 1. The maximum absolute atomic E-state index is 11.7. The van der Waals surface area contributed by atoms with Crippen molar-refractivity contribution in [3.63, 3.8) is 0 Å². The van der Waals surface area contributed by atoms with Crippen LogP contribution in [0.4, 0.5) is 10.5 Å². The molecule has 2 N–H and O–H groups in total. The fourth-order valence-corrected chi connectivity index (χ4v) is 1.95. The van der Waals surface area contributed by atoms with Gasteiger partial charge in [0.1, 0.15) is 5.60 Å². The highest BCUT2D eigenvalue weighted by Gasteiger charge is 2.17. The predicted molar refractivity (Wildman–Crippen MR) is 74.7 cm³/mol. The first-order chi connectivity index (χ1) is 8.23. The van der Waals surface area contributed by atoms with Crippen molar-refractivity contribution >= 4 is 27.7 Å². The number of hydrogen-bond donors (Lipinski definition) is 2. The van der Waals surface area contributed by atoms with Gasteiger partial charge in [-0.3, -0.25) is 5.32 Å². The Labute approximate surface area is 115 Å². The molecule has 0 saturated carbocycles. The maximum Gasteiger partial charge on any atom is 0.412 e. The van der Waals surface area contributed by atoms with Crippen LogP contribution in [0.2, 0.25) is 0 Å². The molecule has 0 radical (unpaired) electrons. The van der Waals surface area contributed by atoms with Gasteiger partial charge in [-0.15, -0.1) is 0 Å². The molecule has 0 aliphatic heterocycles. The molecule has 0 aliphatic carbocycles. The largest absolute Gasteiger partial charge is 0.444 e.